The minimum Gasteiger partial charge on any atom is -0.349 e. The number of carbonyl (C=O) groups is 2. The van der Waals surface area contributed by atoms with E-state index in [4.69, 9.17) is 48.1 Å². The van der Waals surface area contributed by atoms with E-state index in [9.17, 15) is 19.8 Å². The maximum Gasteiger partial charge on any atom is 0.355 e. The second-order valence-corrected chi connectivity index (χ2v) is 23.5. The Balaban J connectivity index is 1.03. The Labute approximate surface area is 447 Å². The molecule has 5 aromatic heterocycles. The van der Waals surface area contributed by atoms with Crippen LogP contribution in [0.4, 0.5) is 16.0 Å². The number of benzene rings is 1. The highest BCUT2D eigenvalue weighted by Gasteiger charge is 2.49. The lowest BCUT2D eigenvalue weighted by Gasteiger charge is -2.44. The maximum atomic E-state index is 15.2. The average molecular weight is 1060 g/mol. The molecule has 15 nitrogen and oxygen atoms in total. The number of hydrogen-bond acceptors (Lipinski definition) is 11. The summed E-state index contributed by atoms with van der Waals surface area (Å²) in [6, 6.07) is 11.0. The van der Waals surface area contributed by atoms with E-state index in [2.05, 4.69) is 57.9 Å². The Morgan fingerprint density at radius 1 is 0.840 bits per heavy atom. The zero-order chi connectivity index (χ0) is 54.2. The van der Waals surface area contributed by atoms with Crippen LogP contribution >= 0.6 is 23.2 Å². The first-order valence-electron chi connectivity index (χ1n) is 25.9. The average Bonchev–Trinajstić information content (AvgIpc) is 3.99. The van der Waals surface area contributed by atoms with Crippen molar-refractivity contribution in [3.63, 3.8) is 0 Å². The van der Waals surface area contributed by atoms with Gasteiger partial charge in [0.05, 0.1) is 49.3 Å². The molecule has 5 atom stereocenters. The van der Waals surface area contributed by atoms with Crippen LogP contribution in [0.1, 0.15) is 111 Å². The van der Waals surface area contributed by atoms with E-state index in [1.165, 1.54) is 12.1 Å². The Morgan fingerprint density at radius 3 is 2.04 bits per heavy atom. The molecule has 2 unspecified atom stereocenters. The van der Waals surface area contributed by atoms with E-state index in [1.54, 1.807) is 50.5 Å². The SMILES string of the molecule is C=CC(=O)N1CC(C)N(c2nc(=O)n(-c3c(C)cc(/C=C\C(=O)N4C[C@H](C)N(c5nc(=N)n(CC(C)(C)C)c6nc(-c7ccccc7F)c(Cl)cc56)C[C@H]4C)nc3CCC)c3nc([C@@H]4CC4(C)C)c(Cl)cc23)CC1C. The van der Waals surface area contributed by atoms with E-state index in [0.29, 0.717) is 94.9 Å². The van der Waals surface area contributed by atoms with Gasteiger partial charge in [-0.1, -0.05) is 89.9 Å². The van der Waals surface area contributed by atoms with Gasteiger partial charge in [0, 0.05) is 74.4 Å². The van der Waals surface area contributed by atoms with Gasteiger partial charge in [0.15, 0.2) is 5.65 Å². The second-order valence-electron chi connectivity index (χ2n) is 22.7. The number of piperazine rings is 2. The summed E-state index contributed by atoms with van der Waals surface area (Å²) in [6.45, 7) is 28.3. The largest absolute Gasteiger partial charge is 0.355 e. The molecular formula is C57H67Cl2FN12O3. The number of hydrogen-bond donors (Lipinski definition) is 1. The molecule has 2 amide bonds. The van der Waals surface area contributed by atoms with Gasteiger partial charge in [0.25, 0.3) is 0 Å². The van der Waals surface area contributed by atoms with Crippen molar-refractivity contribution in [3.8, 4) is 16.9 Å². The van der Waals surface area contributed by atoms with Crippen LogP contribution < -0.4 is 21.1 Å². The first-order valence-corrected chi connectivity index (χ1v) is 26.7. The number of aryl methyl sites for hydroxylation is 2. The molecule has 0 radical (unpaired) electrons. The highest BCUT2D eigenvalue weighted by Crippen LogP contribution is 2.59. The number of carbonyl (C=O) groups excluding carboxylic acids is 2. The normalized spacial score (nSPS) is 20.9. The van der Waals surface area contributed by atoms with E-state index in [-0.39, 0.29) is 74.6 Å². The fourth-order valence-corrected chi connectivity index (χ4v) is 11.5. The molecule has 1 aromatic carbocycles. The number of anilines is 2. The molecule has 1 N–H and O–H groups in total. The molecule has 7 heterocycles. The first-order chi connectivity index (χ1) is 35.4. The Morgan fingerprint density at radius 2 is 1.44 bits per heavy atom. The predicted octanol–water partition coefficient (Wildman–Crippen LogP) is 10.1. The number of nitrogens with zero attached hydrogens (tertiary/aromatic N) is 11. The summed E-state index contributed by atoms with van der Waals surface area (Å²) >= 11 is 14.0. The first kappa shape index (κ1) is 53.3. The summed E-state index contributed by atoms with van der Waals surface area (Å²) in [7, 11) is 0. The Kier molecular flexibility index (Phi) is 14.4. The fourth-order valence-electron chi connectivity index (χ4n) is 11.0. The second kappa shape index (κ2) is 20.2. The van der Waals surface area contributed by atoms with Gasteiger partial charge in [0.2, 0.25) is 17.4 Å². The molecule has 1 aliphatic carbocycles. The topological polar surface area (TPSA) is 162 Å². The molecule has 1 saturated carbocycles. The lowest BCUT2D eigenvalue weighted by molar-refractivity contribution is -0.129. The molecule has 2 aliphatic heterocycles. The summed E-state index contributed by atoms with van der Waals surface area (Å²) in [5.41, 5.74) is 4.04. The quantitative estimate of drug-likeness (QED) is 0.124. The van der Waals surface area contributed by atoms with Crippen LogP contribution in [0.3, 0.4) is 0 Å². The molecule has 6 aromatic rings. The van der Waals surface area contributed by atoms with Gasteiger partial charge in [-0.2, -0.15) is 9.97 Å². The van der Waals surface area contributed by atoms with Crippen molar-refractivity contribution in [1.82, 2.24) is 43.9 Å². The van der Waals surface area contributed by atoms with Crippen LogP contribution in [-0.4, -0.2) is 106 Å². The number of pyridine rings is 3. The molecule has 2 saturated heterocycles. The van der Waals surface area contributed by atoms with Crippen LogP contribution in [0.2, 0.25) is 10.0 Å². The van der Waals surface area contributed by atoms with E-state index in [1.807, 2.05) is 51.7 Å². The third-order valence-electron chi connectivity index (χ3n) is 15.0. The van der Waals surface area contributed by atoms with Crippen LogP contribution in [0.15, 0.2) is 66.0 Å². The fraction of sp³-hybridized carbons (Fsp3) is 0.456. The van der Waals surface area contributed by atoms with Gasteiger partial charge in [-0.3, -0.25) is 24.5 Å². The van der Waals surface area contributed by atoms with Crippen molar-refractivity contribution in [2.45, 2.75) is 132 Å². The third-order valence-corrected chi connectivity index (χ3v) is 15.6. The third kappa shape index (κ3) is 10.2. The maximum absolute atomic E-state index is 15.2. The summed E-state index contributed by atoms with van der Waals surface area (Å²) in [6.07, 6.45) is 6.78. The zero-order valence-electron chi connectivity index (χ0n) is 44.8. The smallest absolute Gasteiger partial charge is 0.349 e. The number of aromatic nitrogens is 7. The molecular weight excluding hydrogens is 991 g/mol. The van der Waals surface area contributed by atoms with Crippen molar-refractivity contribution < 1.29 is 14.0 Å². The van der Waals surface area contributed by atoms with Gasteiger partial charge in [-0.25, -0.2) is 23.7 Å². The zero-order valence-corrected chi connectivity index (χ0v) is 46.3. The molecule has 394 valence electrons. The van der Waals surface area contributed by atoms with E-state index in [0.717, 1.165) is 24.1 Å². The van der Waals surface area contributed by atoms with Gasteiger partial charge >= 0.3 is 5.69 Å². The standard InChI is InChI=1S/C57H67Cl2FN12O3/c1-13-17-44-49(72-53-39(24-42(59)48(64-53)40-25-57(40,11)12)52(66-55(72)75)70-28-32(4)67(26-34(70)6)45(73)14-2)31(3)22-36(62-44)20-21-46(74)68-27-35(7)69(29-33(68)5)51-38-23-41(58)47(37-18-15-16-19-43(37)60)63-50(38)71(54(61)65-51)30-56(8,9)10/h14-16,18-24,32-35,40,61H,2,13,17,25-30H2,1,3-12H3/b21-20-,61-54?/t32?,33-,34?,35+,40+/m1/s1. The van der Waals surface area contributed by atoms with Crippen LogP contribution in [0.5, 0.6) is 0 Å². The monoisotopic (exact) mass is 1060 g/mol. The van der Waals surface area contributed by atoms with E-state index < -0.39 is 11.5 Å². The Hall–Kier alpha value is -6.52. The summed E-state index contributed by atoms with van der Waals surface area (Å²) in [4.78, 5) is 74.5. The number of nitrogens with one attached hydrogen (secondary N) is 1. The molecule has 75 heavy (non-hydrogen) atoms. The molecule has 0 spiro atoms. The van der Waals surface area contributed by atoms with Crippen molar-refractivity contribution in [1.29, 1.82) is 5.41 Å². The van der Waals surface area contributed by atoms with Crippen LogP contribution in [0.25, 0.3) is 45.1 Å². The Bertz CT molecular complexity index is 3460. The van der Waals surface area contributed by atoms with Gasteiger partial charge < -0.3 is 19.6 Å². The van der Waals surface area contributed by atoms with E-state index >= 15 is 4.39 Å². The highest BCUT2D eigenvalue weighted by atomic mass is 35.5. The number of halogens is 3. The minimum absolute atomic E-state index is 0.00267. The molecule has 9 rings (SSSR count). The highest BCUT2D eigenvalue weighted by molar-refractivity contribution is 6.34. The number of rotatable bonds is 11. The molecule has 3 fully saturated rings. The van der Waals surface area contributed by atoms with Crippen molar-refractivity contribution >= 4 is 74.8 Å². The van der Waals surface area contributed by atoms with Crippen molar-refractivity contribution in [2.24, 2.45) is 10.8 Å². The summed E-state index contributed by atoms with van der Waals surface area (Å²) < 4.78 is 18.5. The van der Waals surface area contributed by atoms with Crippen LogP contribution in [0, 0.1) is 29.0 Å². The number of fused-ring (bicyclic) bond motifs is 2. The van der Waals surface area contributed by atoms with Gasteiger partial charge in [-0.15, -0.1) is 0 Å². The number of amides is 2. The van der Waals surface area contributed by atoms with Gasteiger partial charge in [-0.05, 0) is 106 Å². The van der Waals surface area contributed by atoms with Crippen molar-refractivity contribution in [3.05, 3.63) is 116 Å². The summed E-state index contributed by atoms with van der Waals surface area (Å²) in [5.74, 6) is 0.310. The predicted molar refractivity (Wildman–Crippen MR) is 296 cm³/mol. The van der Waals surface area contributed by atoms with Gasteiger partial charge in [0.1, 0.15) is 23.1 Å². The minimum atomic E-state index is -0.505. The molecule has 0 bridgehead atoms. The van der Waals surface area contributed by atoms with Crippen molar-refractivity contribution in [2.75, 3.05) is 36.0 Å². The van der Waals surface area contributed by atoms with Crippen LogP contribution in [-0.2, 0) is 22.6 Å². The lowest BCUT2D eigenvalue weighted by atomic mass is 9.97. The molecule has 18 heteroatoms. The lowest BCUT2D eigenvalue weighted by Crippen LogP contribution is -2.58. The summed E-state index contributed by atoms with van der Waals surface area (Å²) in [5, 5.41) is 11.2. The molecule has 3 aliphatic rings.